The molecule has 102 valence electrons. The largest absolute Gasteiger partial charge is 0.481 e. The van der Waals surface area contributed by atoms with Gasteiger partial charge in [-0.2, -0.15) is 0 Å². The molecule has 0 saturated heterocycles. The van der Waals surface area contributed by atoms with Gasteiger partial charge in [0.2, 0.25) is 0 Å². The number of rotatable bonds is 7. The van der Waals surface area contributed by atoms with E-state index in [1.165, 1.54) is 11.8 Å². The van der Waals surface area contributed by atoms with Crippen LogP contribution in [-0.4, -0.2) is 31.6 Å². The maximum atomic E-state index is 10.6. The monoisotopic (exact) mass is 281 g/mol. The van der Waals surface area contributed by atoms with Crippen LogP contribution in [0.15, 0.2) is 28.0 Å². The fraction of sp³-hybridized carbons (Fsp3) is 0.417. The molecule has 0 radical (unpaired) electrons. The maximum Gasteiger partial charge on any atom is 0.313 e. The highest BCUT2D eigenvalue weighted by Gasteiger charge is 2.13. The molecule has 6 nitrogen and oxygen atoms in total. The molecule has 2 aromatic heterocycles. The summed E-state index contributed by atoms with van der Waals surface area (Å²) < 4.78 is 7.24. The first kappa shape index (κ1) is 13.7. The Balaban J connectivity index is 2.07. The van der Waals surface area contributed by atoms with E-state index in [9.17, 15) is 4.79 Å². The summed E-state index contributed by atoms with van der Waals surface area (Å²) in [5, 5.41) is 17.5. The van der Waals surface area contributed by atoms with Crippen LogP contribution in [0.25, 0.3) is 0 Å². The minimum absolute atomic E-state index is 0.0113. The summed E-state index contributed by atoms with van der Waals surface area (Å²) in [6, 6.07) is 3.77. The van der Waals surface area contributed by atoms with E-state index in [0.717, 1.165) is 24.4 Å². The quantitative estimate of drug-likeness (QED) is 0.780. The Bertz CT molecular complexity index is 536. The fourth-order valence-electron chi connectivity index (χ4n) is 1.72. The van der Waals surface area contributed by atoms with E-state index in [1.54, 1.807) is 6.26 Å². The topological polar surface area (TPSA) is 81.1 Å². The van der Waals surface area contributed by atoms with Crippen molar-refractivity contribution in [1.29, 1.82) is 0 Å². The number of hydrogen-bond donors (Lipinski definition) is 1. The molecule has 0 spiro atoms. The number of aryl methyl sites for hydroxylation is 2. The average molecular weight is 281 g/mol. The minimum atomic E-state index is -0.858. The molecule has 2 rings (SSSR count). The predicted molar refractivity (Wildman–Crippen MR) is 70.2 cm³/mol. The molecule has 0 aliphatic heterocycles. The van der Waals surface area contributed by atoms with Gasteiger partial charge in [0.15, 0.2) is 5.16 Å². The molecule has 0 bridgehead atoms. The molecule has 7 heteroatoms. The lowest BCUT2D eigenvalue weighted by molar-refractivity contribution is -0.133. The number of furan rings is 1. The number of carboxylic acids is 1. The van der Waals surface area contributed by atoms with Gasteiger partial charge in [0.05, 0.1) is 12.0 Å². The van der Waals surface area contributed by atoms with Crippen molar-refractivity contribution >= 4 is 17.7 Å². The van der Waals surface area contributed by atoms with Gasteiger partial charge in [0.25, 0.3) is 0 Å². The van der Waals surface area contributed by atoms with Crippen LogP contribution >= 0.6 is 11.8 Å². The molecular formula is C12H15N3O3S. The summed E-state index contributed by atoms with van der Waals surface area (Å²) in [6.45, 7) is 2.69. The molecule has 2 aromatic rings. The van der Waals surface area contributed by atoms with Gasteiger partial charge in [-0.15, -0.1) is 10.2 Å². The molecule has 0 aliphatic rings. The van der Waals surface area contributed by atoms with Crippen molar-refractivity contribution in [3.63, 3.8) is 0 Å². The summed E-state index contributed by atoms with van der Waals surface area (Å²) in [5.74, 6) is 0.885. The highest BCUT2D eigenvalue weighted by Crippen LogP contribution is 2.18. The molecule has 0 aromatic carbocycles. The Hall–Kier alpha value is -1.76. The first-order valence-electron chi connectivity index (χ1n) is 5.99. The first-order chi connectivity index (χ1) is 9.20. The van der Waals surface area contributed by atoms with Crippen molar-refractivity contribution < 1.29 is 14.3 Å². The van der Waals surface area contributed by atoms with Gasteiger partial charge in [0.1, 0.15) is 11.6 Å². The van der Waals surface area contributed by atoms with Crippen molar-refractivity contribution in [3.05, 3.63) is 30.0 Å². The second-order valence-electron chi connectivity index (χ2n) is 3.92. The van der Waals surface area contributed by atoms with Gasteiger partial charge in [-0.25, -0.2) is 0 Å². The van der Waals surface area contributed by atoms with Gasteiger partial charge < -0.3 is 14.1 Å². The van der Waals surface area contributed by atoms with E-state index < -0.39 is 5.97 Å². The molecule has 0 unspecified atom stereocenters. The molecular weight excluding hydrogens is 266 g/mol. The van der Waals surface area contributed by atoms with Crippen LogP contribution in [0.3, 0.4) is 0 Å². The standard InChI is InChI=1S/C12H15N3O3S/c1-2-10-13-14-12(19-8-11(16)17)15(10)6-5-9-4-3-7-18-9/h3-4,7H,2,5-6,8H2,1H3,(H,16,17). The van der Waals surface area contributed by atoms with Crippen LogP contribution in [0.2, 0.25) is 0 Å². The van der Waals surface area contributed by atoms with Crippen LogP contribution < -0.4 is 0 Å². The van der Waals surface area contributed by atoms with Crippen molar-refractivity contribution in [3.8, 4) is 0 Å². The second-order valence-corrected chi connectivity index (χ2v) is 4.86. The highest BCUT2D eigenvalue weighted by molar-refractivity contribution is 7.99. The summed E-state index contributed by atoms with van der Waals surface area (Å²) in [5.41, 5.74) is 0. The Morgan fingerprint density at radius 2 is 2.37 bits per heavy atom. The molecule has 0 fully saturated rings. The number of thioether (sulfide) groups is 1. The van der Waals surface area contributed by atoms with Gasteiger partial charge in [-0.1, -0.05) is 18.7 Å². The molecule has 0 aliphatic carbocycles. The van der Waals surface area contributed by atoms with Gasteiger partial charge in [0, 0.05) is 19.4 Å². The third-order valence-electron chi connectivity index (χ3n) is 2.60. The Morgan fingerprint density at radius 1 is 1.53 bits per heavy atom. The first-order valence-corrected chi connectivity index (χ1v) is 6.98. The molecule has 1 N–H and O–H groups in total. The van der Waals surface area contributed by atoms with Crippen molar-refractivity contribution in [1.82, 2.24) is 14.8 Å². The number of hydrogen-bond acceptors (Lipinski definition) is 5. The number of nitrogens with zero attached hydrogens (tertiary/aromatic N) is 3. The van der Waals surface area contributed by atoms with E-state index >= 15 is 0 Å². The number of aromatic nitrogens is 3. The predicted octanol–water partition coefficient (Wildman–Crippen LogP) is 1.85. The van der Waals surface area contributed by atoms with Gasteiger partial charge in [-0.05, 0) is 12.1 Å². The fourth-order valence-corrected chi connectivity index (χ4v) is 2.42. The second kappa shape index (κ2) is 6.42. The lowest BCUT2D eigenvalue weighted by Crippen LogP contribution is -2.08. The third kappa shape index (κ3) is 3.60. The van der Waals surface area contributed by atoms with E-state index in [-0.39, 0.29) is 5.75 Å². The Kier molecular flexibility index (Phi) is 4.62. The van der Waals surface area contributed by atoms with Crippen molar-refractivity contribution in [2.45, 2.75) is 31.5 Å². The van der Waals surface area contributed by atoms with Gasteiger partial charge in [-0.3, -0.25) is 4.79 Å². The van der Waals surface area contributed by atoms with Crippen molar-refractivity contribution in [2.24, 2.45) is 0 Å². The summed E-state index contributed by atoms with van der Waals surface area (Å²) in [6.07, 6.45) is 3.14. The van der Waals surface area contributed by atoms with Crippen LogP contribution in [0.4, 0.5) is 0 Å². The lowest BCUT2D eigenvalue weighted by Gasteiger charge is -2.07. The summed E-state index contributed by atoms with van der Waals surface area (Å²) >= 11 is 1.19. The molecule has 0 saturated carbocycles. The zero-order valence-electron chi connectivity index (χ0n) is 10.6. The zero-order valence-corrected chi connectivity index (χ0v) is 11.4. The number of carbonyl (C=O) groups is 1. The highest BCUT2D eigenvalue weighted by atomic mass is 32.2. The minimum Gasteiger partial charge on any atom is -0.481 e. The van der Waals surface area contributed by atoms with Crippen molar-refractivity contribution in [2.75, 3.05) is 5.75 Å². The van der Waals surface area contributed by atoms with E-state index in [2.05, 4.69) is 10.2 Å². The average Bonchev–Trinajstić information content (AvgIpc) is 3.02. The molecule has 2 heterocycles. The molecule has 0 amide bonds. The van der Waals surface area contributed by atoms with Crippen LogP contribution in [0.1, 0.15) is 18.5 Å². The summed E-state index contributed by atoms with van der Waals surface area (Å²) in [7, 11) is 0. The Labute approximate surface area is 114 Å². The molecule has 0 atom stereocenters. The molecule has 19 heavy (non-hydrogen) atoms. The number of aliphatic carboxylic acids is 1. The normalized spacial score (nSPS) is 10.8. The van der Waals surface area contributed by atoms with E-state index in [4.69, 9.17) is 9.52 Å². The van der Waals surface area contributed by atoms with Crippen LogP contribution in [-0.2, 0) is 24.2 Å². The number of carboxylic acid groups (broad SMARTS) is 1. The third-order valence-corrected chi connectivity index (χ3v) is 3.55. The zero-order chi connectivity index (χ0) is 13.7. The van der Waals surface area contributed by atoms with Gasteiger partial charge >= 0.3 is 5.97 Å². The lowest BCUT2D eigenvalue weighted by atomic mass is 10.3. The smallest absolute Gasteiger partial charge is 0.313 e. The van der Waals surface area contributed by atoms with Crippen LogP contribution in [0.5, 0.6) is 0 Å². The van der Waals surface area contributed by atoms with E-state index in [0.29, 0.717) is 11.7 Å². The maximum absolute atomic E-state index is 10.6. The SMILES string of the molecule is CCc1nnc(SCC(=O)O)n1CCc1ccco1. The summed E-state index contributed by atoms with van der Waals surface area (Å²) in [4.78, 5) is 10.6. The van der Waals surface area contributed by atoms with E-state index in [1.807, 2.05) is 23.6 Å². The van der Waals surface area contributed by atoms with Crippen LogP contribution in [0, 0.1) is 0 Å². The Morgan fingerprint density at radius 3 is 3.00 bits per heavy atom.